The Labute approximate surface area is 161 Å². The maximum Gasteiger partial charge on any atom is 0.257 e. The molecule has 0 heterocycles. The molecule has 0 fully saturated rings. The lowest BCUT2D eigenvalue weighted by Gasteiger charge is -2.11. The predicted molar refractivity (Wildman–Crippen MR) is 106 cm³/mol. The molecule has 7 heteroatoms. The molecule has 2 rings (SSSR count). The second-order valence-electron chi connectivity index (χ2n) is 6.55. The molecule has 0 unspecified atom stereocenters. The first-order valence-corrected chi connectivity index (χ1v) is 10.2. The third-order valence-corrected chi connectivity index (χ3v) is 5.68. The van der Waals surface area contributed by atoms with Crippen LogP contribution in [0.3, 0.4) is 0 Å². The molecule has 0 radical (unpaired) electrons. The van der Waals surface area contributed by atoms with Gasteiger partial charge < -0.3 is 10.1 Å². The Morgan fingerprint density at radius 1 is 0.926 bits per heavy atom. The average molecular weight is 391 g/mol. The average Bonchev–Trinajstić information content (AvgIpc) is 2.60. The Morgan fingerprint density at radius 2 is 1.67 bits per heavy atom. The zero-order chi connectivity index (χ0) is 20.0. The van der Waals surface area contributed by atoms with Crippen LogP contribution < -0.4 is 14.8 Å². The molecule has 0 spiro atoms. The van der Waals surface area contributed by atoms with E-state index in [1.807, 2.05) is 45.9 Å². The first-order chi connectivity index (χ1) is 12.7. The summed E-state index contributed by atoms with van der Waals surface area (Å²) >= 11 is 0. The summed E-state index contributed by atoms with van der Waals surface area (Å²) in [5.41, 5.74) is 4.03. The molecule has 0 aliphatic carbocycles. The van der Waals surface area contributed by atoms with Crippen molar-refractivity contribution < 1.29 is 17.9 Å². The van der Waals surface area contributed by atoms with Crippen LogP contribution in [-0.2, 0) is 14.8 Å². The Hall–Kier alpha value is -2.38. The van der Waals surface area contributed by atoms with Crippen LogP contribution in [0.2, 0.25) is 0 Å². The van der Waals surface area contributed by atoms with Gasteiger partial charge in [-0.05, 0) is 62.6 Å². The van der Waals surface area contributed by atoms with E-state index in [0.717, 1.165) is 22.3 Å². The summed E-state index contributed by atoms with van der Waals surface area (Å²) < 4.78 is 32.5. The molecule has 0 bridgehead atoms. The lowest BCUT2D eigenvalue weighted by molar-refractivity contribution is -0.123. The SMILES string of the molecule is Cc1ccc(OCC(=O)NCCNS(=O)(=O)c2ccc(C)c(C)c2)c(C)c1. The normalized spacial score (nSPS) is 11.3. The van der Waals surface area contributed by atoms with Crippen LogP contribution in [0.5, 0.6) is 5.75 Å². The van der Waals surface area contributed by atoms with Crippen LogP contribution in [0.1, 0.15) is 22.3 Å². The van der Waals surface area contributed by atoms with Gasteiger partial charge in [0.25, 0.3) is 5.91 Å². The Morgan fingerprint density at radius 3 is 2.33 bits per heavy atom. The maximum absolute atomic E-state index is 12.3. The summed E-state index contributed by atoms with van der Waals surface area (Å²) in [7, 11) is -3.60. The fourth-order valence-corrected chi connectivity index (χ4v) is 3.62. The minimum atomic E-state index is -3.60. The fourth-order valence-electron chi connectivity index (χ4n) is 2.51. The van der Waals surface area contributed by atoms with E-state index in [9.17, 15) is 13.2 Å². The lowest BCUT2D eigenvalue weighted by Crippen LogP contribution is -2.36. The second kappa shape index (κ2) is 9.01. The molecule has 0 atom stereocenters. The number of ether oxygens (including phenoxy) is 1. The number of hydrogen-bond donors (Lipinski definition) is 2. The number of amides is 1. The standard InChI is InChI=1S/C20H26N2O4S/c1-14-5-8-19(17(4)11-14)26-13-20(23)21-9-10-22-27(24,25)18-7-6-15(2)16(3)12-18/h5-8,11-12,22H,9-10,13H2,1-4H3,(H,21,23). The van der Waals surface area contributed by atoms with Crippen molar-refractivity contribution >= 4 is 15.9 Å². The van der Waals surface area contributed by atoms with E-state index in [4.69, 9.17) is 4.74 Å². The highest BCUT2D eigenvalue weighted by Crippen LogP contribution is 2.18. The highest BCUT2D eigenvalue weighted by Gasteiger charge is 2.14. The third kappa shape index (κ3) is 6.08. The summed E-state index contributed by atoms with van der Waals surface area (Å²) in [6, 6.07) is 10.7. The first-order valence-electron chi connectivity index (χ1n) is 8.73. The highest BCUT2D eigenvalue weighted by atomic mass is 32.2. The van der Waals surface area contributed by atoms with Crippen LogP contribution in [0, 0.1) is 27.7 Å². The molecule has 0 saturated heterocycles. The molecule has 27 heavy (non-hydrogen) atoms. The molecular formula is C20H26N2O4S. The van der Waals surface area contributed by atoms with Gasteiger partial charge in [-0.3, -0.25) is 4.79 Å². The lowest BCUT2D eigenvalue weighted by atomic mass is 10.1. The number of carbonyl (C=O) groups is 1. The Kier molecular flexibility index (Phi) is 6.98. The van der Waals surface area contributed by atoms with Crippen molar-refractivity contribution in [3.05, 3.63) is 58.7 Å². The second-order valence-corrected chi connectivity index (χ2v) is 8.32. The summed E-state index contributed by atoms with van der Waals surface area (Å²) in [5, 5.41) is 2.64. The maximum atomic E-state index is 12.3. The van der Waals surface area contributed by atoms with Gasteiger partial charge in [-0.15, -0.1) is 0 Å². The van der Waals surface area contributed by atoms with E-state index in [1.54, 1.807) is 18.2 Å². The number of carbonyl (C=O) groups excluding carboxylic acids is 1. The van der Waals surface area contributed by atoms with E-state index in [2.05, 4.69) is 10.0 Å². The van der Waals surface area contributed by atoms with Crippen LogP contribution in [-0.4, -0.2) is 34.0 Å². The molecular weight excluding hydrogens is 364 g/mol. The van der Waals surface area contributed by atoms with Crippen molar-refractivity contribution in [3.8, 4) is 5.75 Å². The zero-order valence-electron chi connectivity index (χ0n) is 16.1. The third-order valence-electron chi connectivity index (χ3n) is 4.22. The monoisotopic (exact) mass is 390 g/mol. The van der Waals surface area contributed by atoms with Crippen LogP contribution in [0.4, 0.5) is 0 Å². The Balaban J connectivity index is 1.77. The summed E-state index contributed by atoms with van der Waals surface area (Å²) in [4.78, 5) is 12.1. The zero-order valence-corrected chi connectivity index (χ0v) is 16.9. The molecule has 0 saturated carbocycles. The van der Waals surface area contributed by atoms with Crippen molar-refractivity contribution in [2.45, 2.75) is 32.6 Å². The Bertz CT molecular complexity index is 924. The van der Waals surface area contributed by atoms with Gasteiger partial charge in [-0.2, -0.15) is 0 Å². The smallest absolute Gasteiger partial charge is 0.257 e. The summed E-state index contributed by atoms with van der Waals surface area (Å²) in [6.07, 6.45) is 0. The van der Waals surface area contributed by atoms with Gasteiger partial charge in [0.1, 0.15) is 5.75 Å². The van der Waals surface area contributed by atoms with E-state index in [0.29, 0.717) is 5.75 Å². The minimum absolute atomic E-state index is 0.102. The largest absolute Gasteiger partial charge is 0.484 e. The molecule has 1 amide bonds. The molecule has 146 valence electrons. The minimum Gasteiger partial charge on any atom is -0.484 e. The van der Waals surface area contributed by atoms with Crippen LogP contribution in [0.25, 0.3) is 0 Å². The van der Waals surface area contributed by atoms with Crippen LogP contribution in [0.15, 0.2) is 41.3 Å². The van der Waals surface area contributed by atoms with Gasteiger partial charge >= 0.3 is 0 Å². The highest BCUT2D eigenvalue weighted by molar-refractivity contribution is 7.89. The topological polar surface area (TPSA) is 84.5 Å². The van der Waals surface area contributed by atoms with Gasteiger partial charge in [0, 0.05) is 13.1 Å². The van der Waals surface area contributed by atoms with Gasteiger partial charge in [-0.25, -0.2) is 13.1 Å². The molecule has 2 aromatic rings. The van der Waals surface area contributed by atoms with Gasteiger partial charge in [0.15, 0.2) is 6.61 Å². The van der Waals surface area contributed by atoms with Gasteiger partial charge in [0.05, 0.1) is 4.90 Å². The fraction of sp³-hybridized carbons (Fsp3) is 0.350. The number of aryl methyl sites for hydroxylation is 4. The van der Waals surface area contributed by atoms with Crippen molar-refractivity contribution in [2.24, 2.45) is 0 Å². The number of hydrogen-bond acceptors (Lipinski definition) is 4. The quantitative estimate of drug-likeness (QED) is 0.678. The van der Waals surface area contributed by atoms with Gasteiger partial charge in [0.2, 0.25) is 10.0 Å². The first kappa shape index (κ1) is 20.9. The van der Waals surface area contributed by atoms with E-state index < -0.39 is 10.0 Å². The predicted octanol–water partition coefficient (Wildman–Crippen LogP) is 2.39. The molecule has 0 aliphatic rings. The van der Waals surface area contributed by atoms with E-state index in [-0.39, 0.29) is 30.5 Å². The summed E-state index contributed by atoms with van der Waals surface area (Å²) in [6.45, 7) is 7.86. The number of rotatable bonds is 8. The van der Waals surface area contributed by atoms with E-state index >= 15 is 0 Å². The molecule has 6 nitrogen and oxygen atoms in total. The number of benzene rings is 2. The molecule has 0 aliphatic heterocycles. The van der Waals surface area contributed by atoms with Crippen molar-refractivity contribution in [1.82, 2.24) is 10.0 Å². The van der Waals surface area contributed by atoms with Crippen molar-refractivity contribution in [3.63, 3.8) is 0 Å². The van der Waals surface area contributed by atoms with Crippen molar-refractivity contribution in [1.29, 1.82) is 0 Å². The molecule has 0 aromatic heterocycles. The summed E-state index contributed by atoms with van der Waals surface area (Å²) in [5.74, 6) is 0.353. The number of sulfonamides is 1. The molecule has 2 N–H and O–H groups in total. The van der Waals surface area contributed by atoms with Crippen LogP contribution >= 0.6 is 0 Å². The van der Waals surface area contributed by atoms with Crippen molar-refractivity contribution in [2.75, 3.05) is 19.7 Å². The number of nitrogens with one attached hydrogen (secondary N) is 2. The van der Waals surface area contributed by atoms with Gasteiger partial charge in [-0.1, -0.05) is 23.8 Å². The van der Waals surface area contributed by atoms with E-state index in [1.165, 1.54) is 0 Å². The molecule has 2 aromatic carbocycles.